The summed E-state index contributed by atoms with van der Waals surface area (Å²) in [6.45, 7) is 3.79. The smallest absolute Gasteiger partial charge is 0.261 e. The van der Waals surface area contributed by atoms with Crippen LogP contribution in [-0.2, 0) is 4.79 Å². The van der Waals surface area contributed by atoms with Crippen LogP contribution in [0.2, 0.25) is 0 Å². The quantitative estimate of drug-likeness (QED) is 0.584. The molecular weight excluding hydrogens is 342 g/mol. The van der Waals surface area contributed by atoms with Gasteiger partial charge in [0.1, 0.15) is 6.04 Å². The van der Waals surface area contributed by atoms with E-state index in [-0.39, 0.29) is 17.4 Å². The van der Waals surface area contributed by atoms with Crippen molar-refractivity contribution in [3.05, 3.63) is 65.2 Å². The highest BCUT2D eigenvalue weighted by atomic mass is 16.2. The first kappa shape index (κ1) is 17.0. The van der Waals surface area contributed by atoms with Gasteiger partial charge in [0.15, 0.2) is 0 Å². The number of benzene rings is 2. The average molecular weight is 361 g/mol. The number of rotatable bonds is 4. The molecule has 2 aromatic heterocycles. The number of aromatic nitrogens is 4. The Hall–Kier alpha value is -3.48. The van der Waals surface area contributed by atoms with Gasteiger partial charge in [0, 0.05) is 0 Å². The SMILES string of the molecule is CC(C)[C@H](C(=O)Nc1nc2ccccc2[nH]1)n1cnc2ccccc2c1=O. The van der Waals surface area contributed by atoms with Crippen molar-refractivity contribution in [3.8, 4) is 0 Å². The minimum atomic E-state index is -0.706. The Morgan fingerprint density at radius 2 is 1.78 bits per heavy atom. The molecule has 0 aliphatic rings. The van der Waals surface area contributed by atoms with Crippen LogP contribution in [0.1, 0.15) is 19.9 Å². The van der Waals surface area contributed by atoms with Crippen LogP contribution < -0.4 is 10.9 Å². The number of anilines is 1. The average Bonchev–Trinajstić information content (AvgIpc) is 3.06. The van der Waals surface area contributed by atoms with Gasteiger partial charge in [-0.15, -0.1) is 0 Å². The molecule has 0 bridgehead atoms. The normalized spacial score (nSPS) is 12.6. The van der Waals surface area contributed by atoms with E-state index in [4.69, 9.17) is 0 Å². The second-order valence-electron chi connectivity index (χ2n) is 6.75. The lowest BCUT2D eigenvalue weighted by Crippen LogP contribution is -2.36. The van der Waals surface area contributed by atoms with Gasteiger partial charge in [0.2, 0.25) is 11.9 Å². The summed E-state index contributed by atoms with van der Waals surface area (Å²) in [6, 6.07) is 13.9. The van der Waals surface area contributed by atoms with E-state index in [1.807, 2.05) is 44.2 Å². The van der Waals surface area contributed by atoms with Crippen LogP contribution in [-0.4, -0.2) is 25.4 Å². The Bertz CT molecular complexity index is 1160. The van der Waals surface area contributed by atoms with Crippen LogP contribution in [0.3, 0.4) is 0 Å². The van der Waals surface area contributed by atoms with Crippen molar-refractivity contribution in [2.45, 2.75) is 19.9 Å². The second kappa shape index (κ2) is 6.68. The lowest BCUT2D eigenvalue weighted by molar-refractivity contribution is -0.120. The molecule has 27 heavy (non-hydrogen) atoms. The first-order chi connectivity index (χ1) is 13.0. The molecule has 0 unspecified atom stereocenters. The Morgan fingerprint density at radius 1 is 1.07 bits per heavy atom. The fraction of sp³-hybridized carbons (Fsp3) is 0.200. The molecule has 2 heterocycles. The highest BCUT2D eigenvalue weighted by Gasteiger charge is 2.26. The van der Waals surface area contributed by atoms with Crippen LogP contribution in [0.25, 0.3) is 21.9 Å². The van der Waals surface area contributed by atoms with E-state index in [0.29, 0.717) is 16.9 Å². The molecule has 0 radical (unpaired) electrons. The van der Waals surface area contributed by atoms with Gasteiger partial charge in [-0.1, -0.05) is 38.1 Å². The number of nitrogens with one attached hydrogen (secondary N) is 2. The Kier molecular flexibility index (Phi) is 4.19. The number of hydrogen-bond donors (Lipinski definition) is 2. The summed E-state index contributed by atoms with van der Waals surface area (Å²) in [5.74, 6) is -0.0769. The summed E-state index contributed by atoms with van der Waals surface area (Å²) in [6.07, 6.45) is 1.44. The maximum atomic E-state index is 13.0. The fourth-order valence-electron chi connectivity index (χ4n) is 3.23. The summed E-state index contributed by atoms with van der Waals surface area (Å²) in [4.78, 5) is 37.6. The summed E-state index contributed by atoms with van der Waals surface area (Å²) in [5, 5.41) is 3.28. The number of fused-ring (bicyclic) bond motifs is 2. The molecule has 0 saturated carbocycles. The van der Waals surface area contributed by atoms with Gasteiger partial charge in [-0.25, -0.2) is 9.97 Å². The maximum absolute atomic E-state index is 13.0. The standard InChI is InChI=1S/C20H19N5O2/c1-12(2)17(25-11-21-14-8-4-3-7-13(14)19(25)27)18(26)24-20-22-15-9-5-6-10-16(15)23-20/h3-12,17H,1-2H3,(H2,22,23,24,26)/t17-/m1/s1. The third-order valence-electron chi connectivity index (χ3n) is 4.52. The molecule has 1 amide bonds. The van der Waals surface area contributed by atoms with Gasteiger partial charge in [-0.3, -0.25) is 19.5 Å². The van der Waals surface area contributed by atoms with Crippen LogP contribution in [0.5, 0.6) is 0 Å². The molecule has 0 aliphatic heterocycles. The van der Waals surface area contributed by atoms with E-state index in [0.717, 1.165) is 11.0 Å². The summed E-state index contributed by atoms with van der Waals surface area (Å²) >= 11 is 0. The van der Waals surface area contributed by atoms with E-state index >= 15 is 0 Å². The zero-order chi connectivity index (χ0) is 19.0. The lowest BCUT2D eigenvalue weighted by atomic mass is 10.0. The Balaban J connectivity index is 1.71. The summed E-state index contributed by atoms with van der Waals surface area (Å²) < 4.78 is 1.39. The second-order valence-corrected chi connectivity index (χ2v) is 6.75. The monoisotopic (exact) mass is 361 g/mol. The molecule has 2 aromatic carbocycles. The zero-order valence-corrected chi connectivity index (χ0v) is 15.0. The van der Waals surface area contributed by atoms with Crippen molar-refractivity contribution in [3.63, 3.8) is 0 Å². The molecule has 4 aromatic rings. The largest absolute Gasteiger partial charge is 0.324 e. The van der Waals surface area contributed by atoms with E-state index in [1.54, 1.807) is 18.2 Å². The molecule has 2 N–H and O–H groups in total. The molecule has 0 spiro atoms. The van der Waals surface area contributed by atoms with Crippen LogP contribution in [0.15, 0.2) is 59.7 Å². The number of aromatic amines is 1. The topological polar surface area (TPSA) is 92.7 Å². The van der Waals surface area contributed by atoms with Crippen LogP contribution in [0.4, 0.5) is 5.95 Å². The minimum Gasteiger partial charge on any atom is -0.324 e. The zero-order valence-electron chi connectivity index (χ0n) is 15.0. The highest BCUT2D eigenvalue weighted by Crippen LogP contribution is 2.20. The van der Waals surface area contributed by atoms with Gasteiger partial charge in [0.05, 0.1) is 28.3 Å². The predicted molar refractivity (Wildman–Crippen MR) is 105 cm³/mol. The number of carbonyl (C=O) groups is 1. The first-order valence-electron chi connectivity index (χ1n) is 8.76. The molecule has 4 rings (SSSR count). The first-order valence-corrected chi connectivity index (χ1v) is 8.76. The third-order valence-corrected chi connectivity index (χ3v) is 4.52. The van der Waals surface area contributed by atoms with Crippen LogP contribution in [0, 0.1) is 5.92 Å². The van der Waals surface area contributed by atoms with Gasteiger partial charge in [-0.2, -0.15) is 0 Å². The predicted octanol–water partition coefficient (Wildman–Crippen LogP) is 3.11. The Morgan fingerprint density at radius 3 is 2.52 bits per heavy atom. The molecule has 0 saturated heterocycles. The van der Waals surface area contributed by atoms with E-state index in [1.165, 1.54) is 10.9 Å². The highest BCUT2D eigenvalue weighted by molar-refractivity contribution is 5.94. The van der Waals surface area contributed by atoms with E-state index in [2.05, 4.69) is 20.3 Å². The molecule has 0 fully saturated rings. The fourth-order valence-corrected chi connectivity index (χ4v) is 3.23. The number of imidazole rings is 1. The van der Waals surface area contributed by atoms with Crippen molar-refractivity contribution in [2.24, 2.45) is 5.92 Å². The lowest BCUT2D eigenvalue weighted by Gasteiger charge is -2.22. The third kappa shape index (κ3) is 3.08. The molecule has 7 nitrogen and oxygen atoms in total. The number of nitrogens with zero attached hydrogens (tertiary/aromatic N) is 3. The number of amides is 1. The van der Waals surface area contributed by atoms with Crippen molar-refractivity contribution in [1.82, 2.24) is 19.5 Å². The van der Waals surface area contributed by atoms with Gasteiger partial charge in [-0.05, 0) is 30.2 Å². The number of H-pyrrole nitrogens is 1. The molecule has 7 heteroatoms. The van der Waals surface area contributed by atoms with E-state index in [9.17, 15) is 9.59 Å². The van der Waals surface area contributed by atoms with Crippen molar-refractivity contribution < 1.29 is 4.79 Å². The van der Waals surface area contributed by atoms with Gasteiger partial charge in [0.25, 0.3) is 5.56 Å². The molecular formula is C20H19N5O2. The molecule has 136 valence electrons. The van der Waals surface area contributed by atoms with E-state index < -0.39 is 6.04 Å². The Labute approximate surface area is 155 Å². The van der Waals surface area contributed by atoms with Crippen molar-refractivity contribution >= 4 is 33.8 Å². The van der Waals surface area contributed by atoms with Crippen molar-refractivity contribution in [2.75, 3.05) is 5.32 Å². The molecule has 0 aliphatic carbocycles. The van der Waals surface area contributed by atoms with Crippen molar-refractivity contribution in [1.29, 1.82) is 0 Å². The summed E-state index contributed by atoms with van der Waals surface area (Å²) in [5.41, 5.74) is 1.97. The van der Waals surface area contributed by atoms with Crippen LogP contribution >= 0.6 is 0 Å². The molecule has 1 atom stereocenters. The maximum Gasteiger partial charge on any atom is 0.261 e. The van der Waals surface area contributed by atoms with Gasteiger partial charge < -0.3 is 4.98 Å². The summed E-state index contributed by atoms with van der Waals surface area (Å²) in [7, 11) is 0. The number of hydrogen-bond acceptors (Lipinski definition) is 4. The number of para-hydroxylation sites is 3. The van der Waals surface area contributed by atoms with Gasteiger partial charge >= 0.3 is 0 Å². The minimum absolute atomic E-state index is 0.116. The number of carbonyl (C=O) groups excluding carboxylic acids is 1.